The van der Waals surface area contributed by atoms with Gasteiger partial charge in [-0.3, -0.25) is 0 Å². The summed E-state index contributed by atoms with van der Waals surface area (Å²) in [6, 6.07) is 0. The van der Waals surface area contributed by atoms with Crippen molar-refractivity contribution in [2.24, 2.45) is 11.3 Å². The van der Waals surface area contributed by atoms with Crippen LogP contribution >= 0.6 is 0 Å². The molecule has 1 heteroatoms. The molecule has 0 radical (unpaired) electrons. The molecule has 1 N–H and O–H groups in total. The maximum absolute atomic E-state index is 8.58. The van der Waals surface area contributed by atoms with E-state index in [0.29, 0.717) is 5.92 Å². The maximum atomic E-state index is 8.58. The Bertz CT molecular complexity index is 123. The van der Waals surface area contributed by atoms with Gasteiger partial charge >= 0.3 is 0 Å². The molecule has 0 heterocycles. The Kier molecular flexibility index (Phi) is 4.43. The number of aliphatic hydroxyl groups excluding tert-OH is 1. The number of hydrogen-bond acceptors (Lipinski definition) is 1. The summed E-state index contributed by atoms with van der Waals surface area (Å²) in [5.74, 6) is 0.716. The van der Waals surface area contributed by atoms with E-state index in [2.05, 4.69) is 33.8 Å². The lowest BCUT2D eigenvalue weighted by atomic mass is 9.84. The molecule has 0 unspecified atom stereocenters. The van der Waals surface area contributed by atoms with Crippen LogP contribution in [0.3, 0.4) is 0 Å². The third-order valence-electron chi connectivity index (χ3n) is 1.61. The van der Waals surface area contributed by atoms with Gasteiger partial charge in [-0.15, -0.1) is 0 Å². The monoisotopic (exact) mass is 156 g/mol. The molecular formula is C10H20O. The first kappa shape index (κ1) is 10.7. The molecule has 0 bridgehead atoms. The van der Waals surface area contributed by atoms with Crippen LogP contribution in [0.25, 0.3) is 0 Å². The van der Waals surface area contributed by atoms with Gasteiger partial charge in [0.15, 0.2) is 0 Å². The van der Waals surface area contributed by atoms with E-state index in [1.807, 2.05) is 6.08 Å². The zero-order valence-electron chi connectivity index (χ0n) is 8.09. The lowest BCUT2D eigenvalue weighted by Gasteiger charge is -2.22. The molecule has 1 nitrogen and oxygen atoms in total. The molecule has 0 spiro atoms. The van der Waals surface area contributed by atoms with E-state index in [1.54, 1.807) is 0 Å². The van der Waals surface area contributed by atoms with E-state index < -0.39 is 0 Å². The van der Waals surface area contributed by atoms with Crippen molar-refractivity contribution in [3.05, 3.63) is 12.2 Å². The molecule has 66 valence electrons. The number of hydrogen-bond donors (Lipinski definition) is 1. The Balaban J connectivity index is 3.89. The summed E-state index contributed by atoms with van der Waals surface area (Å²) in [5.41, 5.74) is 0.233. The quantitative estimate of drug-likeness (QED) is 0.620. The molecule has 0 fully saturated rings. The second kappa shape index (κ2) is 4.55. The zero-order chi connectivity index (χ0) is 8.91. The van der Waals surface area contributed by atoms with Crippen LogP contribution in [0.15, 0.2) is 12.2 Å². The molecule has 0 aliphatic carbocycles. The average Bonchev–Trinajstić information content (AvgIpc) is 1.81. The summed E-state index contributed by atoms with van der Waals surface area (Å²) >= 11 is 0. The number of rotatable bonds is 4. The van der Waals surface area contributed by atoms with E-state index in [-0.39, 0.29) is 12.0 Å². The molecule has 0 saturated heterocycles. The second-order valence-electron chi connectivity index (χ2n) is 4.17. The van der Waals surface area contributed by atoms with Crippen LogP contribution in [-0.2, 0) is 0 Å². The van der Waals surface area contributed by atoms with E-state index in [4.69, 9.17) is 5.11 Å². The predicted molar refractivity (Wildman–Crippen MR) is 49.5 cm³/mol. The highest BCUT2D eigenvalue weighted by Gasteiger charge is 2.14. The van der Waals surface area contributed by atoms with Gasteiger partial charge in [-0.25, -0.2) is 0 Å². The fourth-order valence-electron chi connectivity index (χ4n) is 1.49. The minimum absolute atomic E-state index is 0.154. The first-order valence-electron chi connectivity index (χ1n) is 4.26. The fourth-order valence-corrected chi connectivity index (χ4v) is 1.49. The number of aliphatic hydroxyl groups is 1. The summed E-state index contributed by atoms with van der Waals surface area (Å²) in [4.78, 5) is 0. The van der Waals surface area contributed by atoms with Gasteiger partial charge in [0.05, 0.1) is 6.61 Å². The molecule has 0 aliphatic rings. The van der Waals surface area contributed by atoms with Crippen LogP contribution in [0.5, 0.6) is 0 Å². The van der Waals surface area contributed by atoms with E-state index in [0.717, 1.165) is 0 Å². The van der Waals surface area contributed by atoms with Crippen molar-refractivity contribution >= 4 is 0 Å². The minimum Gasteiger partial charge on any atom is -0.392 e. The molecule has 0 amide bonds. The molecule has 0 aromatic carbocycles. The smallest absolute Gasteiger partial charge is 0.0612 e. The van der Waals surface area contributed by atoms with Crippen molar-refractivity contribution in [3.8, 4) is 0 Å². The maximum Gasteiger partial charge on any atom is 0.0612 e. The molecule has 0 rings (SSSR count). The van der Waals surface area contributed by atoms with E-state index in [1.165, 1.54) is 6.42 Å². The third-order valence-corrected chi connectivity index (χ3v) is 1.61. The van der Waals surface area contributed by atoms with Gasteiger partial charge in [-0.05, 0) is 17.8 Å². The van der Waals surface area contributed by atoms with E-state index in [9.17, 15) is 0 Å². The second-order valence-corrected chi connectivity index (χ2v) is 4.17. The lowest BCUT2D eigenvalue weighted by molar-refractivity contribution is 0.332. The molecular weight excluding hydrogens is 136 g/mol. The minimum atomic E-state index is 0.154. The standard InChI is InChI=1S/C10H20O/c1-9(2)8-10(3,4)6-5-7-11/h5-6,9,11H,7-8H2,1-4H3/b6-5+. The van der Waals surface area contributed by atoms with Crippen LogP contribution in [0.4, 0.5) is 0 Å². The SMILES string of the molecule is CC(C)CC(C)(C)/C=C/CO. The zero-order valence-corrected chi connectivity index (χ0v) is 8.09. The van der Waals surface area contributed by atoms with Crippen LogP contribution in [0.1, 0.15) is 34.1 Å². The van der Waals surface area contributed by atoms with Crippen molar-refractivity contribution in [3.63, 3.8) is 0 Å². The highest BCUT2D eigenvalue weighted by Crippen LogP contribution is 2.26. The van der Waals surface area contributed by atoms with E-state index >= 15 is 0 Å². The summed E-state index contributed by atoms with van der Waals surface area (Å²) in [6.07, 6.45) is 5.08. The van der Waals surface area contributed by atoms with Crippen LogP contribution < -0.4 is 0 Å². The van der Waals surface area contributed by atoms with Crippen molar-refractivity contribution in [2.45, 2.75) is 34.1 Å². The van der Waals surface area contributed by atoms with Crippen molar-refractivity contribution in [1.82, 2.24) is 0 Å². The third kappa shape index (κ3) is 6.11. The average molecular weight is 156 g/mol. The Labute approximate surface area is 70.1 Å². The van der Waals surface area contributed by atoms with Crippen molar-refractivity contribution < 1.29 is 5.11 Å². The topological polar surface area (TPSA) is 20.2 Å². The highest BCUT2D eigenvalue weighted by molar-refractivity contribution is 4.94. The predicted octanol–water partition coefficient (Wildman–Crippen LogP) is 2.61. The Morgan fingerprint density at radius 1 is 1.36 bits per heavy atom. The largest absolute Gasteiger partial charge is 0.392 e. The highest BCUT2D eigenvalue weighted by atomic mass is 16.2. The van der Waals surface area contributed by atoms with Gasteiger partial charge in [0.25, 0.3) is 0 Å². The summed E-state index contributed by atoms with van der Waals surface area (Å²) in [5, 5.41) is 8.58. The van der Waals surface area contributed by atoms with Crippen LogP contribution in [0, 0.1) is 11.3 Å². The molecule has 0 saturated carbocycles. The van der Waals surface area contributed by atoms with Crippen molar-refractivity contribution in [1.29, 1.82) is 0 Å². The van der Waals surface area contributed by atoms with Gasteiger partial charge in [0, 0.05) is 0 Å². The molecule has 0 aliphatic heterocycles. The fraction of sp³-hybridized carbons (Fsp3) is 0.800. The van der Waals surface area contributed by atoms with Crippen molar-refractivity contribution in [2.75, 3.05) is 6.61 Å². The first-order chi connectivity index (χ1) is 4.98. The van der Waals surface area contributed by atoms with Gasteiger partial charge in [-0.1, -0.05) is 39.8 Å². The van der Waals surface area contributed by atoms with Crippen LogP contribution in [0.2, 0.25) is 0 Å². The van der Waals surface area contributed by atoms with Gasteiger partial charge in [-0.2, -0.15) is 0 Å². The molecule has 0 aromatic heterocycles. The van der Waals surface area contributed by atoms with Gasteiger partial charge in [0.1, 0.15) is 0 Å². The first-order valence-corrected chi connectivity index (χ1v) is 4.26. The summed E-state index contributed by atoms with van der Waals surface area (Å²) < 4.78 is 0. The Morgan fingerprint density at radius 3 is 2.27 bits per heavy atom. The molecule has 11 heavy (non-hydrogen) atoms. The Hall–Kier alpha value is -0.300. The summed E-state index contributed by atoms with van der Waals surface area (Å²) in [6.45, 7) is 8.98. The van der Waals surface area contributed by atoms with Crippen LogP contribution in [-0.4, -0.2) is 11.7 Å². The number of allylic oxidation sites excluding steroid dienone is 1. The Morgan fingerprint density at radius 2 is 1.91 bits per heavy atom. The molecule has 0 aromatic rings. The van der Waals surface area contributed by atoms with Gasteiger partial charge in [0.2, 0.25) is 0 Å². The summed E-state index contributed by atoms with van der Waals surface area (Å²) in [7, 11) is 0. The normalized spacial score (nSPS) is 13.3. The molecule has 0 atom stereocenters. The lowest BCUT2D eigenvalue weighted by Crippen LogP contribution is -2.10. The van der Waals surface area contributed by atoms with Gasteiger partial charge < -0.3 is 5.11 Å².